The standard InChI is InChI=1S/Co.H3O4P/c;1-5(2,3)4/h;(H3,1,2,3,4)/q+2;/p-2. The first kappa shape index (κ1) is 9.79. The minimum atomic E-state index is -5.14. The monoisotopic (exact) mass is 155 g/mol. The molecule has 6 heteroatoms. The van der Waals surface area contributed by atoms with Gasteiger partial charge in [-0.25, -0.2) is 0 Å². The fraction of sp³-hybridized carbons (Fsp3) is 0. The predicted octanol–water partition coefficient (Wildman–Crippen LogP) is -2.20. The van der Waals surface area contributed by atoms with E-state index in [2.05, 4.69) is 0 Å². The summed E-state index contributed by atoms with van der Waals surface area (Å²) in [6.07, 6.45) is 0. The van der Waals surface area contributed by atoms with Crippen molar-refractivity contribution in [1.29, 1.82) is 0 Å². The van der Waals surface area contributed by atoms with Gasteiger partial charge in [-0.15, -0.1) is 0 Å². The van der Waals surface area contributed by atoms with Crippen molar-refractivity contribution in [3.05, 3.63) is 0 Å². The van der Waals surface area contributed by atoms with Crippen LogP contribution < -0.4 is 9.79 Å². The van der Waals surface area contributed by atoms with Crippen molar-refractivity contribution >= 4 is 7.82 Å². The van der Waals surface area contributed by atoms with Gasteiger partial charge in [0, 0.05) is 0 Å². The van der Waals surface area contributed by atoms with E-state index in [1.54, 1.807) is 0 Å². The summed E-state index contributed by atoms with van der Waals surface area (Å²) in [5, 5.41) is 0. The maximum atomic E-state index is 8.66. The van der Waals surface area contributed by atoms with Crippen LogP contribution in [0.3, 0.4) is 0 Å². The van der Waals surface area contributed by atoms with Crippen LogP contribution in [0.15, 0.2) is 0 Å². The summed E-state index contributed by atoms with van der Waals surface area (Å²) in [7, 11) is -5.14. The SMILES string of the molecule is O=P([O-])([O-])O.[Co+2]. The van der Waals surface area contributed by atoms with Gasteiger partial charge in [0.2, 0.25) is 0 Å². The second-order valence-corrected chi connectivity index (χ2v) is 1.41. The first-order valence-corrected chi connectivity index (χ1v) is 2.24. The first-order chi connectivity index (χ1) is 2.00. The Morgan fingerprint density at radius 1 is 1.50 bits per heavy atom. The van der Waals surface area contributed by atoms with E-state index in [-0.39, 0.29) is 16.8 Å². The molecule has 0 aromatic heterocycles. The topological polar surface area (TPSA) is 83.4 Å². The summed E-state index contributed by atoms with van der Waals surface area (Å²) in [5.41, 5.74) is 0. The molecule has 1 radical (unpaired) electrons. The van der Waals surface area contributed by atoms with Crippen molar-refractivity contribution in [2.24, 2.45) is 0 Å². The Labute approximate surface area is 44.6 Å². The molecule has 6 heavy (non-hydrogen) atoms. The molecule has 0 aromatic rings. The molecule has 0 aromatic carbocycles. The fourth-order valence-electron chi connectivity index (χ4n) is 0. The molecule has 39 valence electrons. The molecule has 1 N–H and O–H groups in total. The maximum Gasteiger partial charge on any atom is 2.00 e. The average molecular weight is 155 g/mol. The molecular weight excluding hydrogens is 154 g/mol. The molecule has 4 nitrogen and oxygen atoms in total. The fourth-order valence-corrected chi connectivity index (χ4v) is 0. The number of phosphoric acid groups is 1. The summed E-state index contributed by atoms with van der Waals surface area (Å²) < 4.78 is 8.66. The van der Waals surface area contributed by atoms with Crippen molar-refractivity contribution < 1.29 is 36.0 Å². The molecule has 0 heterocycles. The Kier molecular flexibility index (Phi) is 4.46. The van der Waals surface area contributed by atoms with Gasteiger partial charge in [-0.05, 0) is 0 Å². The minimum absolute atomic E-state index is 0. The third-order valence-corrected chi connectivity index (χ3v) is 0. The van der Waals surface area contributed by atoms with E-state index in [0.29, 0.717) is 0 Å². The van der Waals surface area contributed by atoms with E-state index in [4.69, 9.17) is 19.2 Å². The third kappa shape index (κ3) is 159. The third-order valence-electron chi connectivity index (χ3n) is 0. The van der Waals surface area contributed by atoms with Gasteiger partial charge in [0.05, 0.1) is 7.82 Å². The van der Waals surface area contributed by atoms with Gasteiger partial charge < -0.3 is 19.2 Å². The molecule has 0 fully saturated rings. The Bertz CT molecular complexity index is 53.7. The van der Waals surface area contributed by atoms with Gasteiger partial charge in [-0.3, -0.25) is 0 Å². The van der Waals surface area contributed by atoms with Crippen molar-refractivity contribution in [2.75, 3.05) is 0 Å². The molecule has 0 amide bonds. The van der Waals surface area contributed by atoms with Gasteiger partial charge in [0.15, 0.2) is 0 Å². The van der Waals surface area contributed by atoms with Crippen molar-refractivity contribution in [2.45, 2.75) is 0 Å². The quantitative estimate of drug-likeness (QED) is 0.402. The molecular formula is HCoO4P. The van der Waals surface area contributed by atoms with Crippen LogP contribution in [0.4, 0.5) is 0 Å². The van der Waals surface area contributed by atoms with Crippen molar-refractivity contribution in [3.63, 3.8) is 0 Å². The maximum absolute atomic E-state index is 8.66. The zero-order chi connectivity index (χ0) is 4.50. The minimum Gasteiger partial charge on any atom is -0.790 e. The van der Waals surface area contributed by atoms with Crippen LogP contribution in [0.1, 0.15) is 0 Å². The van der Waals surface area contributed by atoms with Gasteiger partial charge in [0.25, 0.3) is 0 Å². The van der Waals surface area contributed by atoms with E-state index in [1.165, 1.54) is 0 Å². The predicted molar refractivity (Wildman–Crippen MR) is 9.83 cm³/mol. The van der Waals surface area contributed by atoms with Gasteiger partial charge in [0.1, 0.15) is 0 Å². The van der Waals surface area contributed by atoms with Gasteiger partial charge >= 0.3 is 16.8 Å². The van der Waals surface area contributed by atoms with Crippen LogP contribution in [0.5, 0.6) is 0 Å². The zero-order valence-electron chi connectivity index (χ0n) is 2.45. The molecule has 0 unspecified atom stereocenters. The number of hydrogen-bond acceptors (Lipinski definition) is 3. The summed E-state index contributed by atoms with van der Waals surface area (Å²) >= 11 is 0. The summed E-state index contributed by atoms with van der Waals surface area (Å²) in [4.78, 5) is 24.3. The Balaban J connectivity index is 0. The van der Waals surface area contributed by atoms with Crippen LogP contribution in [0, 0.1) is 0 Å². The largest absolute Gasteiger partial charge is 2.00 e. The van der Waals surface area contributed by atoms with E-state index in [9.17, 15) is 0 Å². The normalized spacial score (nSPS) is 9.83. The van der Waals surface area contributed by atoms with Crippen LogP contribution >= 0.6 is 7.82 Å². The molecule has 0 saturated heterocycles. The number of rotatable bonds is 0. The molecule has 0 saturated carbocycles. The van der Waals surface area contributed by atoms with Crippen LogP contribution in [0.25, 0.3) is 0 Å². The van der Waals surface area contributed by atoms with E-state index in [0.717, 1.165) is 0 Å². The molecule has 0 rings (SSSR count). The van der Waals surface area contributed by atoms with E-state index in [1.807, 2.05) is 0 Å². The molecule has 0 aliphatic rings. The summed E-state index contributed by atoms with van der Waals surface area (Å²) in [5.74, 6) is 0. The van der Waals surface area contributed by atoms with Crippen LogP contribution in [-0.4, -0.2) is 4.89 Å². The summed E-state index contributed by atoms with van der Waals surface area (Å²) in [6.45, 7) is 0. The Hall–Kier alpha value is 0.616. The van der Waals surface area contributed by atoms with E-state index < -0.39 is 7.82 Å². The second-order valence-electron chi connectivity index (χ2n) is 0.469. The van der Waals surface area contributed by atoms with Crippen LogP contribution in [-0.2, 0) is 21.3 Å². The van der Waals surface area contributed by atoms with Crippen molar-refractivity contribution in [3.8, 4) is 0 Å². The Morgan fingerprint density at radius 2 is 1.50 bits per heavy atom. The molecule has 0 atom stereocenters. The van der Waals surface area contributed by atoms with Gasteiger partial charge in [-0.1, -0.05) is 0 Å². The molecule has 0 bridgehead atoms. The first-order valence-electron chi connectivity index (χ1n) is 0.748. The zero-order valence-corrected chi connectivity index (χ0v) is 4.39. The smallest absolute Gasteiger partial charge is 0.790 e. The summed E-state index contributed by atoms with van der Waals surface area (Å²) in [6, 6.07) is 0. The van der Waals surface area contributed by atoms with Crippen LogP contribution in [0.2, 0.25) is 0 Å². The second kappa shape index (κ2) is 2.73. The molecule has 0 aliphatic heterocycles. The average Bonchev–Trinajstić information content (AvgIpc) is 0.722. The van der Waals surface area contributed by atoms with Crippen molar-refractivity contribution in [1.82, 2.24) is 0 Å². The van der Waals surface area contributed by atoms with E-state index >= 15 is 0 Å². The molecule has 0 spiro atoms. The Morgan fingerprint density at radius 3 is 1.50 bits per heavy atom. The number of hydrogen-bond donors (Lipinski definition) is 1. The molecule has 0 aliphatic carbocycles. The van der Waals surface area contributed by atoms with Gasteiger partial charge in [-0.2, -0.15) is 0 Å².